The highest BCUT2D eigenvalue weighted by atomic mass is 35.5. The van der Waals surface area contributed by atoms with Crippen molar-refractivity contribution in [3.63, 3.8) is 0 Å². The zero-order chi connectivity index (χ0) is 22.5. The number of rotatable bonds is 8. The standard InChI is InChI=1S/C24H26ClN3O3S/c1-2-27(14-17-7-4-3-5-8-17)22(29)16-32-24-26-21-13-18(25)10-11-20(21)23(30)28(24)15-19-9-6-12-31-19/h3-5,7-8,10-11,13,19H,2,6,9,12,14-16H2,1H3/t19-/m0/s1. The van der Waals surface area contributed by atoms with Gasteiger partial charge in [-0.2, -0.15) is 0 Å². The van der Waals surface area contributed by atoms with Gasteiger partial charge < -0.3 is 9.64 Å². The van der Waals surface area contributed by atoms with E-state index in [4.69, 9.17) is 21.3 Å². The molecule has 1 aliphatic heterocycles. The Balaban J connectivity index is 1.57. The summed E-state index contributed by atoms with van der Waals surface area (Å²) in [5.41, 5.74) is 1.49. The molecule has 0 aliphatic carbocycles. The third-order valence-corrected chi connectivity index (χ3v) is 6.76. The number of halogens is 1. The monoisotopic (exact) mass is 471 g/mol. The molecule has 0 bridgehead atoms. The molecule has 0 spiro atoms. The van der Waals surface area contributed by atoms with Crippen molar-refractivity contribution in [3.8, 4) is 0 Å². The summed E-state index contributed by atoms with van der Waals surface area (Å²) in [5.74, 6) is 0.204. The molecule has 1 atom stereocenters. The number of thioether (sulfide) groups is 1. The van der Waals surface area contributed by atoms with Gasteiger partial charge in [0.25, 0.3) is 5.56 Å². The Morgan fingerprint density at radius 3 is 2.81 bits per heavy atom. The summed E-state index contributed by atoms with van der Waals surface area (Å²) in [7, 11) is 0. The van der Waals surface area contributed by atoms with Crippen molar-refractivity contribution in [3.05, 3.63) is 69.5 Å². The second-order valence-corrected chi connectivity index (χ2v) is 9.17. The summed E-state index contributed by atoms with van der Waals surface area (Å²) in [5, 5.41) is 1.56. The zero-order valence-electron chi connectivity index (χ0n) is 18.0. The number of carbonyl (C=O) groups is 1. The summed E-state index contributed by atoms with van der Waals surface area (Å²) in [6, 6.07) is 15.0. The number of benzene rings is 2. The van der Waals surface area contributed by atoms with E-state index in [0.717, 1.165) is 18.4 Å². The normalized spacial score (nSPS) is 15.9. The van der Waals surface area contributed by atoms with Crippen LogP contribution in [-0.4, -0.2) is 45.4 Å². The fourth-order valence-electron chi connectivity index (χ4n) is 3.83. The molecule has 0 radical (unpaired) electrons. The van der Waals surface area contributed by atoms with Crippen molar-refractivity contribution in [2.75, 3.05) is 18.9 Å². The molecule has 6 nitrogen and oxygen atoms in total. The van der Waals surface area contributed by atoms with Crippen LogP contribution in [0.2, 0.25) is 5.02 Å². The largest absolute Gasteiger partial charge is 0.376 e. The summed E-state index contributed by atoms with van der Waals surface area (Å²) in [6.07, 6.45) is 1.89. The maximum atomic E-state index is 13.2. The van der Waals surface area contributed by atoms with Crippen molar-refractivity contribution in [1.82, 2.24) is 14.5 Å². The van der Waals surface area contributed by atoms with E-state index in [1.54, 1.807) is 22.8 Å². The minimum absolute atomic E-state index is 0.00506. The number of nitrogens with zero attached hydrogens (tertiary/aromatic N) is 3. The Kier molecular flexibility index (Phi) is 7.50. The Morgan fingerprint density at radius 1 is 1.28 bits per heavy atom. The van der Waals surface area contributed by atoms with Crippen LogP contribution >= 0.6 is 23.4 Å². The molecule has 0 N–H and O–H groups in total. The first-order chi connectivity index (χ1) is 15.5. The molecule has 4 rings (SSSR count). The Hall–Kier alpha value is -2.35. The van der Waals surface area contributed by atoms with Gasteiger partial charge in [-0.15, -0.1) is 0 Å². The summed E-state index contributed by atoms with van der Waals surface area (Å²) < 4.78 is 7.40. The number of amides is 1. The molecular weight excluding hydrogens is 446 g/mol. The molecule has 1 saturated heterocycles. The minimum atomic E-state index is -0.131. The SMILES string of the molecule is CCN(Cc1ccccc1)C(=O)CSc1nc2cc(Cl)ccc2c(=O)n1C[C@@H]1CCCO1. The third-order valence-electron chi connectivity index (χ3n) is 5.57. The van der Waals surface area contributed by atoms with Gasteiger partial charge in [-0.05, 0) is 43.5 Å². The van der Waals surface area contributed by atoms with E-state index in [-0.39, 0.29) is 23.3 Å². The van der Waals surface area contributed by atoms with Crippen molar-refractivity contribution >= 4 is 40.2 Å². The average molecular weight is 472 g/mol. The van der Waals surface area contributed by atoms with E-state index >= 15 is 0 Å². The highest BCUT2D eigenvalue weighted by molar-refractivity contribution is 7.99. The van der Waals surface area contributed by atoms with Crippen LogP contribution in [0.1, 0.15) is 25.3 Å². The first kappa shape index (κ1) is 22.8. The lowest BCUT2D eigenvalue weighted by Crippen LogP contribution is -2.32. The summed E-state index contributed by atoms with van der Waals surface area (Å²) >= 11 is 7.42. The van der Waals surface area contributed by atoms with E-state index < -0.39 is 0 Å². The number of carbonyl (C=O) groups excluding carboxylic acids is 1. The lowest BCUT2D eigenvalue weighted by atomic mass is 10.2. The predicted molar refractivity (Wildman–Crippen MR) is 128 cm³/mol. The third kappa shape index (κ3) is 5.34. The van der Waals surface area contributed by atoms with Crippen molar-refractivity contribution in [1.29, 1.82) is 0 Å². The van der Waals surface area contributed by atoms with Gasteiger partial charge in [0.1, 0.15) is 0 Å². The lowest BCUT2D eigenvalue weighted by Gasteiger charge is -2.21. The van der Waals surface area contributed by atoms with E-state index in [1.807, 2.05) is 42.2 Å². The maximum Gasteiger partial charge on any atom is 0.262 e. The van der Waals surface area contributed by atoms with Crippen LogP contribution in [0.5, 0.6) is 0 Å². The first-order valence-electron chi connectivity index (χ1n) is 10.8. The molecule has 3 aromatic rings. The second-order valence-electron chi connectivity index (χ2n) is 7.79. The van der Waals surface area contributed by atoms with E-state index in [9.17, 15) is 9.59 Å². The molecule has 0 unspecified atom stereocenters. The zero-order valence-corrected chi connectivity index (χ0v) is 19.6. The number of ether oxygens (including phenoxy) is 1. The first-order valence-corrected chi connectivity index (χ1v) is 12.2. The minimum Gasteiger partial charge on any atom is -0.376 e. The van der Waals surface area contributed by atoms with Crippen LogP contribution < -0.4 is 5.56 Å². The predicted octanol–water partition coefficient (Wildman–Crippen LogP) is 4.37. The maximum absolute atomic E-state index is 13.2. The fourth-order valence-corrected chi connectivity index (χ4v) is 4.91. The van der Waals surface area contributed by atoms with Gasteiger partial charge in [0.15, 0.2) is 5.16 Å². The fraction of sp³-hybridized carbons (Fsp3) is 0.375. The smallest absolute Gasteiger partial charge is 0.262 e. The van der Waals surface area contributed by atoms with Crippen LogP contribution in [0.25, 0.3) is 10.9 Å². The topological polar surface area (TPSA) is 64.4 Å². The number of hydrogen-bond acceptors (Lipinski definition) is 5. The van der Waals surface area contributed by atoms with Crippen molar-refractivity contribution in [2.45, 2.75) is 44.1 Å². The summed E-state index contributed by atoms with van der Waals surface area (Å²) in [4.78, 5) is 32.7. The Morgan fingerprint density at radius 2 is 2.09 bits per heavy atom. The van der Waals surface area contributed by atoms with Gasteiger partial charge in [0.2, 0.25) is 5.91 Å². The molecule has 1 fully saturated rings. The Bertz CT molecular complexity index is 1150. The van der Waals surface area contributed by atoms with Gasteiger partial charge in [-0.3, -0.25) is 14.2 Å². The average Bonchev–Trinajstić information content (AvgIpc) is 3.32. The summed E-state index contributed by atoms with van der Waals surface area (Å²) in [6.45, 7) is 4.28. The second kappa shape index (κ2) is 10.5. The number of aromatic nitrogens is 2. The van der Waals surface area contributed by atoms with E-state index in [2.05, 4.69) is 0 Å². The molecule has 1 aromatic heterocycles. The molecule has 2 heterocycles. The van der Waals surface area contributed by atoms with Gasteiger partial charge in [0, 0.05) is 24.7 Å². The van der Waals surface area contributed by atoms with Crippen molar-refractivity contribution < 1.29 is 9.53 Å². The quantitative estimate of drug-likeness (QED) is 0.360. The van der Waals surface area contributed by atoms with Crippen LogP contribution in [0.4, 0.5) is 0 Å². The van der Waals surface area contributed by atoms with Gasteiger partial charge in [-0.1, -0.05) is 53.7 Å². The highest BCUT2D eigenvalue weighted by Crippen LogP contribution is 2.23. The van der Waals surface area contributed by atoms with Crippen LogP contribution in [0, 0.1) is 0 Å². The number of fused-ring (bicyclic) bond motifs is 1. The molecule has 2 aromatic carbocycles. The van der Waals surface area contributed by atoms with Crippen LogP contribution in [-0.2, 0) is 22.6 Å². The van der Waals surface area contributed by atoms with Crippen LogP contribution in [0.3, 0.4) is 0 Å². The highest BCUT2D eigenvalue weighted by Gasteiger charge is 2.21. The number of hydrogen-bond donors (Lipinski definition) is 0. The van der Waals surface area contributed by atoms with Crippen molar-refractivity contribution in [2.24, 2.45) is 0 Å². The molecule has 32 heavy (non-hydrogen) atoms. The molecule has 8 heteroatoms. The Labute approximate surface area is 196 Å². The molecule has 0 saturated carbocycles. The molecule has 168 valence electrons. The molecule has 1 amide bonds. The molecule has 1 aliphatic rings. The van der Waals surface area contributed by atoms with E-state index in [1.165, 1.54) is 11.8 Å². The molecular formula is C24H26ClN3O3S. The van der Waals surface area contributed by atoms with E-state index in [0.29, 0.717) is 47.3 Å². The van der Waals surface area contributed by atoms with Gasteiger partial charge in [0.05, 0.1) is 29.3 Å². The van der Waals surface area contributed by atoms with Gasteiger partial charge in [-0.25, -0.2) is 4.98 Å². The lowest BCUT2D eigenvalue weighted by molar-refractivity contribution is -0.128. The van der Waals surface area contributed by atoms with Gasteiger partial charge >= 0.3 is 0 Å². The van der Waals surface area contributed by atoms with Crippen LogP contribution in [0.15, 0.2) is 58.5 Å².